The number of carbonyl (C=O) groups is 1. The predicted octanol–water partition coefficient (Wildman–Crippen LogP) is 1.85. The Morgan fingerprint density at radius 3 is 3.08 bits per heavy atom. The molecule has 1 fully saturated rings. The van der Waals surface area contributed by atoms with Crippen LogP contribution in [0.4, 0.5) is 4.79 Å². The second kappa shape index (κ2) is 8.02. The third kappa shape index (κ3) is 4.30. The standard InChI is InChI=1S/C18H24N4O3/c1-22-8-7-19-17(22)16(14-4-3-5-15(10-14)24-2)21-18(23)20-11-13-6-9-25-12-13/h3-5,7-8,10,13,16H,6,9,11-12H2,1-2H3,(H2,20,21,23). The van der Waals surface area contributed by atoms with Gasteiger partial charge in [-0.05, 0) is 24.1 Å². The second-order valence-corrected chi connectivity index (χ2v) is 6.19. The van der Waals surface area contributed by atoms with Crippen LogP contribution in [0.1, 0.15) is 23.9 Å². The molecule has 0 aliphatic carbocycles. The first-order chi connectivity index (χ1) is 12.2. The maximum atomic E-state index is 12.4. The monoisotopic (exact) mass is 344 g/mol. The van der Waals surface area contributed by atoms with Crippen LogP contribution in [0, 0.1) is 5.92 Å². The van der Waals surface area contributed by atoms with E-state index < -0.39 is 0 Å². The van der Waals surface area contributed by atoms with Crippen molar-refractivity contribution in [2.75, 3.05) is 26.9 Å². The fraction of sp³-hybridized carbons (Fsp3) is 0.444. The number of imidazole rings is 1. The molecule has 2 atom stereocenters. The van der Waals surface area contributed by atoms with Crippen molar-refractivity contribution in [1.82, 2.24) is 20.2 Å². The van der Waals surface area contributed by atoms with E-state index in [9.17, 15) is 4.79 Å². The molecule has 2 heterocycles. The van der Waals surface area contributed by atoms with E-state index in [2.05, 4.69) is 15.6 Å². The average Bonchev–Trinajstić information content (AvgIpc) is 3.29. The molecule has 1 saturated heterocycles. The molecule has 7 nitrogen and oxygen atoms in total. The Morgan fingerprint density at radius 1 is 1.52 bits per heavy atom. The smallest absolute Gasteiger partial charge is 0.315 e. The molecule has 0 bridgehead atoms. The van der Waals surface area contributed by atoms with Crippen LogP contribution in [0.5, 0.6) is 5.75 Å². The van der Waals surface area contributed by atoms with Gasteiger partial charge in [0, 0.05) is 38.5 Å². The minimum Gasteiger partial charge on any atom is -0.497 e. The number of rotatable bonds is 6. The van der Waals surface area contributed by atoms with Crippen molar-refractivity contribution in [3.8, 4) is 5.75 Å². The van der Waals surface area contributed by atoms with Gasteiger partial charge in [-0.2, -0.15) is 0 Å². The maximum absolute atomic E-state index is 12.4. The topological polar surface area (TPSA) is 77.4 Å². The van der Waals surface area contributed by atoms with Gasteiger partial charge >= 0.3 is 6.03 Å². The van der Waals surface area contributed by atoms with Crippen LogP contribution in [-0.2, 0) is 11.8 Å². The number of methoxy groups -OCH3 is 1. The predicted molar refractivity (Wildman–Crippen MR) is 93.5 cm³/mol. The van der Waals surface area contributed by atoms with Gasteiger partial charge < -0.3 is 24.7 Å². The highest BCUT2D eigenvalue weighted by Gasteiger charge is 2.22. The van der Waals surface area contributed by atoms with Gasteiger partial charge in [-0.15, -0.1) is 0 Å². The molecule has 3 rings (SSSR count). The number of ether oxygens (including phenoxy) is 2. The number of hydrogen-bond acceptors (Lipinski definition) is 4. The highest BCUT2D eigenvalue weighted by atomic mass is 16.5. The van der Waals surface area contributed by atoms with Crippen LogP contribution >= 0.6 is 0 Å². The SMILES string of the molecule is COc1cccc(C(NC(=O)NCC2CCOC2)c2nccn2C)c1. The minimum absolute atomic E-state index is 0.220. The molecule has 1 aromatic heterocycles. The van der Waals surface area contributed by atoms with Gasteiger partial charge in [-0.3, -0.25) is 0 Å². The number of amides is 2. The summed E-state index contributed by atoms with van der Waals surface area (Å²) in [6.45, 7) is 2.09. The largest absolute Gasteiger partial charge is 0.497 e. The van der Waals surface area contributed by atoms with Crippen LogP contribution in [0.2, 0.25) is 0 Å². The zero-order valence-electron chi connectivity index (χ0n) is 14.6. The Labute approximate surface area is 147 Å². The van der Waals surface area contributed by atoms with Crippen molar-refractivity contribution in [2.45, 2.75) is 12.5 Å². The van der Waals surface area contributed by atoms with Gasteiger partial charge in [0.15, 0.2) is 0 Å². The van der Waals surface area contributed by atoms with Crippen LogP contribution in [-0.4, -0.2) is 42.5 Å². The first kappa shape index (κ1) is 17.3. The van der Waals surface area contributed by atoms with E-state index in [1.54, 1.807) is 13.3 Å². The Bertz CT molecular complexity index is 710. The fourth-order valence-electron chi connectivity index (χ4n) is 2.94. The molecule has 134 valence electrons. The number of carbonyl (C=O) groups excluding carboxylic acids is 1. The lowest BCUT2D eigenvalue weighted by Crippen LogP contribution is -2.41. The Balaban J connectivity index is 1.74. The van der Waals surface area contributed by atoms with Crippen molar-refractivity contribution in [1.29, 1.82) is 0 Å². The third-order valence-corrected chi connectivity index (χ3v) is 4.39. The van der Waals surface area contributed by atoms with E-state index in [1.165, 1.54) is 0 Å². The number of hydrogen-bond donors (Lipinski definition) is 2. The fourth-order valence-corrected chi connectivity index (χ4v) is 2.94. The lowest BCUT2D eigenvalue weighted by Gasteiger charge is -2.20. The van der Waals surface area contributed by atoms with Crippen LogP contribution in [0.15, 0.2) is 36.7 Å². The summed E-state index contributed by atoms with van der Waals surface area (Å²) >= 11 is 0. The van der Waals surface area contributed by atoms with E-state index in [1.807, 2.05) is 42.1 Å². The zero-order valence-corrected chi connectivity index (χ0v) is 14.6. The van der Waals surface area contributed by atoms with Crippen molar-refractivity contribution in [2.24, 2.45) is 13.0 Å². The molecule has 0 saturated carbocycles. The number of nitrogens with one attached hydrogen (secondary N) is 2. The summed E-state index contributed by atoms with van der Waals surface area (Å²) in [5, 5.41) is 5.96. The van der Waals surface area contributed by atoms with Crippen molar-refractivity contribution >= 4 is 6.03 Å². The Kier molecular flexibility index (Phi) is 5.55. The lowest BCUT2D eigenvalue weighted by atomic mass is 10.1. The normalized spacial score (nSPS) is 17.9. The van der Waals surface area contributed by atoms with Gasteiger partial charge in [0.25, 0.3) is 0 Å². The minimum atomic E-state index is -0.366. The number of nitrogens with zero attached hydrogens (tertiary/aromatic N) is 2. The summed E-state index contributed by atoms with van der Waals surface area (Å²) in [5.41, 5.74) is 0.910. The van der Waals surface area contributed by atoms with Gasteiger partial charge in [-0.1, -0.05) is 12.1 Å². The van der Waals surface area contributed by atoms with Gasteiger partial charge in [0.2, 0.25) is 0 Å². The number of urea groups is 1. The molecule has 1 aliphatic rings. The highest BCUT2D eigenvalue weighted by Crippen LogP contribution is 2.24. The summed E-state index contributed by atoms with van der Waals surface area (Å²) in [7, 11) is 3.53. The van der Waals surface area contributed by atoms with E-state index >= 15 is 0 Å². The van der Waals surface area contributed by atoms with E-state index in [0.717, 1.165) is 30.2 Å². The molecular weight excluding hydrogens is 320 g/mol. The molecule has 1 aromatic carbocycles. The first-order valence-electron chi connectivity index (χ1n) is 8.40. The van der Waals surface area contributed by atoms with E-state index in [4.69, 9.17) is 9.47 Å². The number of aromatic nitrogens is 2. The molecule has 2 aromatic rings. The molecule has 2 unspecified atom stereocenters. The number of benzene rings is 1. The summed E-state index contributed by atoms with van der Waals surface area (Å²) in [4.78, 5) is 16.8. The molecular formula is C18H24N4O3. The summed E-state index contributed by atoms with van der Waals surface area (Å²) in [5.74, 6) is 1.88. The third-order valence-electron chi connectivity index (χ3n) is 4.39. The summed E-state index contributed by atoms with van der Waals surface area (Å²) in [6, 6.07) is 7.05. The molecule has 2 N–H and O–H groups in total. The summed E-state index contributed by atoms with van der Waals surface area (Å²) < 4.78 is 12.5. The quantitative estimate of drug-likeness (QED) is 0.838. The molecule has 2 amide bonds. The molecule has 0 spiro atoms. The van der Waals surface area contributed by atoms with E-state index in [0.29, 0.717) is 19.1 Å². The van der Waals surface area contributed by atoms with Gasteiger partial charge in [0.05, 0.1) is 13.7 Å². The van der Waals surface area contributed by atoms with Crippen molar-refractivity contribution in [3.05, 3.63) is 48.0 Å². The number of aryl methyl sites for hydroxylation is 1. The average molecular weight is 344 g/mol. The van der Waals surface area contributed by atoms with Crippen LogP contribution < -0.4 is 15.4 Å². The molecule has 25 heavy (non-hydrogen) atoms. The van der Waals surface area contributed by atoms with E-state index in [-0.39, 0.29) is 12.1 Å². The van der Waals surface area contributed by atoms with Crippen LogP contribution in [0.25, 0.3) is 0 Å². The Morgan fingerprint density at radius 2 is 2.40 bits per heavy atom. The van der Waals surface area contributed by atoms with Gasteiger partial charge in [0.1, 0.15) is 17.6 Å². The van der Waals surface area contributed by atoms with Crippen molar-refractivity contribution in [3.63, 3.8) is 0 Å². The second-order valence-electron chi connectivity index (χ2n) is 6.19. The summed E-state index contributed by atoms with van der Waals surface area (Å²) in [6.07, 6.45) is 4.56. The zero-order chi connectivity index (χ0) is 17.6. The first-order valence-corrected chi connectivity index (χ1v) is 8.40. The van der Waals surface area contributed by atoms with Gasteiger partial charge in [-0.25, -0.2) is 9.78 Å². The molecule has 1 aliphatic heterocycles. The molecule has 7 heteroatoms. The lowest BCUT2D eigenvalue weighted by molar-refractivity contribution is 0.185. The Hall–Kier alpha value is -2.54. The highest BCUT2D eigenvalue weighted by molar-refractivity contribution is 5.74. The van der Waals surface area contributed by atoms with Crippen LogP contribution in [0.3, 0.4) is 0 Å². The maximum Gasteiger partial charge on any atom is 0.315 e. The van der Waals surface area contributed by atoms with Crippen molar-refractivity contribution < 1.29 is 14.3 Å². The molecule has 0 radical (unpaired) electrons.